The van der Waals surface area contributed by atoms with Crippen LogP contribution < -0.4 is 4.74 Å². The van der Waals surface area contributed by atoms with Gasteiger partial charge in [-0.3, -0.25) is 0 Å². The van der Waals surface area contributed by atoms with E-state index in [4.69, 9.17) is 4.74 Å². The van der Waals surface area contributed by atoms with Crippen LogP contribution in [0.5, 0.6) is 5.75 Å². The minimum absolute atomic E-state index is 0.370. The van der Waals surface area contributed by atoms with Crippen LogP contribution in [0.4, 0.5) is 0 Å². The maximum Gasteiger partial charge on any atom is 0.118 e. The lowest BCUT2D eigenvalue weighted by Gasteiger charge is -2.16. The molecule has 92 valence electrons. The molecule has 0 bridgehead atoms. The fourth-order valence-corrected chi connectivity index (χ4v) is 2.15. The highest BCUT2D eigenvalue weighted by Gasteiger charge is 2.12. The Morgan fingerprint density at radius 3 is 2.17 bits per heavy atom. The zero-order chi connectivity index (χ0) is 12.8. The van der Waals surface area contributed by atoms with Crippen molar-refractivity contribution in [3.63, 3.8) is 0 Å². The van der Waals surface area contributed by atoms with Crippen molar-refractivity contribution in [3.05, 3.63) is 78.4 Å². The van der Waals surface area contributed by atoms with Crippen molar-refractivity contribution in [2.24, 2.45) is 0 Å². The lowest BCUT2D eigenvalue weighted by molar-refractivity contribution is 0.414. The number of rotatable bonds is 5. The molecule has 0 spiro atoms. The van der Waals surface area contributed by atoms with Crippen molar-refractivity contribution in [3.8, 4) is 5.75 Å². The fourth-order valence-electron chi connectivity index (χ4n) is 2.15. The molecule has 0 amide bonds. The van der Waals surface area contributed by atoms with E-state index in [-0.39, 0.29) is 0 Å². The van der Waals surface area contributed by atoms with Gasteiger partial charge in [-0.2, -0.15) is 0 Å². The summed E-state index contributed by atoms with van der Waals surface area (Å²) in [6.45, 7) is 3.86. The molecule has 0 aliphatic heterocycles. The first kappa shape index (κ1) is 12.4. The summed E-state index contributed by atoms with van der Waals surface area (Å²) in [7, 11) is 1.69. The fraction of sp³-hybridized carbons (Fsp3) is 0.176. The zero-order valence-electron chi connectivity index (χ0n) is 10.7. The summed E-state index contributed by atoms with van der Waals surface area (Å²) >= 11 is 0. The number of methoxy groups -OCH3 is 1. The van der Waals surface area contributed by atoms with Crippen LogP contribution in [0.3, 0.4) is 0 Å². The molecule has 0 fully saturated rings. The van der Waals surface area contributed by atoms with Gasteiger partial charge in [0.25, 0.3) is 0 Å². The van der Waals surface area contributed by atoms with Crippen LogP contribution in [0, 0.1) is 0 Å². The van der Waals surface area contributed by atoms with E-state index >= 15 is 0 Å². The highest BCUT2D eigenvalue weighted by Crippen LogP contribution is 2.29. The smallest absolute Gasteiger partial charge is 0.118 e. The molecular formula is C17H18O. The third kappa shape index (κ3) is 2.80. The second kappa shape index (κ2) is 6.06. The molecule has 1 atom stereocenters. The Kier molecular flexibility index (Phi) is 4.19. The Morgan fingerprint density at radius 2 is 1.61 bits per heavy atom. The molecule has 2 rings (SSSR count). The van der Waals surface area contributed by atoms with Crippen LogP contribution in [0.15, 0.2) is 67.3 Å². The zero-order valence-corrected chi connectivity index (χ0v) is 10.7. The monoisotopic (exact) mass is 238 g/mol. The molecule has 0 N–H and O–H groups in total. The molecule has 0 aliphatic carbocycles. The molecule has 2 aromatic carbocycles. The summed E-state index contributed by atoms with van der Waals surface area (Å²) in [6, 6.07) is 18.8. The van der Waals surface area contributed by atoms with Crippen LogP contribution >= 0.6 is 0 Å². The van der Waals surface area contributed by atoms with Crippen LogP contribution in [0.2, 0.25) is 0 Å². The largest absolute Gasteiger partial charge is 0.497 e. The van der Waals surface area contributed by atoms with Gasteiger partial charge in [-0.1, -0.05) is 48.5 Å². The Balaban J connectivity index is 2.32. The third-order valence-electron chi connectivity index (χ3n) is 3.12. The Morgan fingerprint density at radius 1 is 1.00 bits per heavy atom. The van der Waals surface area contributed by atoms with Crippen molar-refractivity contribution in [1.29, 1.82) is 0 Å². The van der Waals surface area contributed by atoms with Crippen molar-refractivity contribution in [2.75, 3.05) is 7.11 Å². The van der Waals surface area contributed by atoms with Gasteiger partial charge in [0, 0.05) is 5.92 Å². The summed E-state index contributed by atoms with van der Waals surface area (Å²) in [6.07, 6.45) is 2.91. The van der Waals surface area contributed by atoms with Crippen LogP contribution in [-0.2, 0) is 0 Å². The molecule has 0 heterocycles. The Bertz CT molecular complexity index is 485. The molecule has 0 saturated carbocycles. The predicted molar refractivity (Wildman–Crippen MR) is 76.1 cm³/mol. The van der Waals surface area contributed by atoms with Gasteiger partial charge in [-0.15, -0.1) is 6.58 Å². The van der Waals surface area contributed by atoms with E-state index in [0.29, 0.717) is 5.92 Å². The number of allylic oxidation sites excluding steroid dienone is 1. The summed E-state index contributed by atoms with van der Waals surface area (Å²) < 4.78 is 5.19. The highest BCUT2D eigenvalue weighted by molar-refractivity contribution is 5.36. The summed E-state index contributed by atoms with van der Waals surface area (Å²) in [5, 5.41) is 0. The third-order valence-corrected chi connectivity index (χ3v) is 3.12. The predicted octanol–water partition coefficient (Wildman–Crippen LogP) is 4.40. The van der Waals surface area contributed by atoms with E-state index < -0.39 is 0 Å². The van der Waals surface area contributed by atoms with Gasteiger partial charge >= 0.3 is 0 Å². The number of benzene rings is 2. The van der Waals surface area contributed by atoms with E-state index in [1.165, 1.54) is 11.1 Å². The van der Waals surface area contributed by atoms with Gasteiger partial charge in [-0.25, -0.2) is 0 Å². The number of hydrogen-bond donors (Lipinski definition) is 0. The second-order valence-electron chi connectivity index (χ2n) is 4.26. The van der Waals surface area contributed by atoms with Gasteiger partial charge in [0.05, 0.1) is 7.11 Å². The van der Waals surface area contributed by atoms with Crippen molar-refractivity contribution in [2.45, 2.75) is 12.3 Å². The normalized spacial score (nSPS) is 11.8. The van der Waals surface area contributed by atoms with E-state index in [2.05, 4.69) is 43.0 Å². The maximum atomic E-state index is 5.19. The molecular weight excluding hydrogens is 220 g/mol. The molecule has 0 saturated heterocycles. The van der Waals surface area contributed by atoms with Gasteiger partial charge < -0.3 is 4.74 Å². The minimum Gasteiger partial charge on any atom is -0.497 e. The molecule has 1 heteroatoms. The molecule has 1 unspecified atom stereocenters. The van der Waals surface area contributed by atoms with Gasteiger partial charge in [0.2, 0.25) is 0 Å². The topological polar surface area (TPSA) is 9.23 Å². The molecule has 0 aromatic heterocycles. The lowest BCUT2D eigenvalue weighted by Crippen LogP contribution is -1.99. The van der Waals surface area contributed by atoms with E-state index in [1.54, 1.807) is 7.11 Å². The molecule has 0 radical (unpaired) electrons. The summed E-state index contributed by atoms with van der Waals surface area (Å²) in [4.78, 5) is 0. The minimum atomic E-state index is 0.370. The van der Waals surface area contributed by atoms with Crippen molar-refractivity contribution in [1.82, 2.24) is 0 Å². The molecule has 18 heavy (non-hydrogen) atoms. The Labute approximate surface area is 109 Å². The van der Waals surface area contributed by atoms with Gasteiger partial charge in [-0.05, 0) is 29.7 Å². The molecule has 1 nitrogen and oxygen atoms in total. The van der Waals surface area contributed by atoms with E-state index in [1.807, 2.05) is 24.3 Å². The SMILES string of the molecule is C=CCC(c1ccccc1)c1ccc(OC)cc1. The molecule has 0 aliphatic rings. The quantitative estimate of drug-likeness (QED) is 0.701. The van der Waals surface area contributed by atoms with Crippen molar-refractivity contribution >= 4 is 0 Å². The first-order chi connectivity index (χ1) is 8.85. The summed E-state index contributed by atoms with van der Waals surface area (Å²) in [5.74, 6) is 1.26. The first-order valence-electron chi connectivity index (χ1n) is 6.15. The average Bonchev–Trinajstić information content (AvgIpc) is 2.46. The van der Waals surface area contributed by atoms with Gasteiger partial charge in [0.15, 0.2) is 0 Å². The van der Waals surface area contributed by atoms with E-state index in [0.717, 1.165) is 12.2 Å². The van der Waals surface area contributed by atoms with Crippen LogP contribution in [-0.4, -0.2) is 7.11 Å². The second-order valence-corrected chi connectivity index (χ2v) is 4.26. The first-order valence-corrected chi connectivity index (χ1v) is 6.15. The number of hydrogen-bond acceptors (Lipinski definition) is 1. The Hall–Kier alpha value is -2.02. The van der Waals surface area contributed by atoms with Crippen LogP contribution in [0.25, 0.3) is 0 Å². The number of ether oxygens (including phenoxy) is 1. The highest BCUT2D eigenvalue weighted by atomic mass is 16.5. The summed E-state index contributed by atoms with van der Waals surface area (Å²) in [5.41, 5.74) is 2.62. The van der Waals surface area contributed by atoms with Crippen LogP contribution in [0.1, 0.15) is 23.5 Å². The van der Waals surface area contributed by atoms with E-state index in [9.17, 15) is 0 Å². The standard InChI is InChI=1S/C17H18O/c1-3-7-17(14-8-5-4-6-9-14)15-10-12-16(18-2)13-11-15/h3-6,8-13,17H,1,7H2,2H3. The van der Waals surface area contributed by atoms with Gasteiger partial charge in [0.1, 0.15) is 5.75 Å². The average molecular weight is 238 g/mol. The maximum absolute atomic E-state index is 5.19. The molecule has 2 aromatic rings. The van der Waals surface area contributed by atoms with Crippen molar-refractivity contribution < 1.29 is 4.74 Å². The lowest BCUT2D eigenvalue weighted by atomic mass is 9.88.